The zero-order valence-corrected chi connectivity index (χ0v) is 15.4. The molecule has 1 aliphatic heterocycles. The molecule has 5 nitrogen and oxygen atoms in total. The lowest BCUT2D eigenvalue weighted by Gasteiger charge is -2.23. The van der Waals surface area contributed by atoms with Gasteiger partial charge in [0.2, 0.25) is 5.60 Å². The Kier molecular flexibility index (Phi) is 4.60. The molecule has 2 aromatic rings. The van der Waals surface area contributed by atoms with Gasteiger partial charge in [-0.05, 0) is 33.8 Å². The molecule has 1 N–H and O–H groups in total. The van der Waals surface area contributed by atoms with E-state index >= 15 is 0 Å². The number of thiazole rings is 1. The van der Waals surface area contributed by atoms with Crippen LogP contribution in [-0.4, -0.2) is 22.2 Å². The number of benzene rings is 1. The first kappa shape index (κ1) is 17.5. The van der Waals surface area contributed by atoms with Crippen molar-refractivity contribution >= 4 is 23.0 Å². The molecule has 0 aliphatic carbocycles. The molecule has 0 saturated carbocycles. The van der Waals surface area contributed by atoms with Crippen LogP contribution in [0.3, 0.4) is 0 Å². The van der Waals surface area contributed by atoms with E-state index in [4.69, 9.17) is 4.84 Å². The van der Waals surface area contributed by atoms with Gasteiger partial charge in [-0.2, -0.15) is 0 Å². The van der Waals surface area contributed by atoms with Crippen LogP contribution in [0.25, 0.3) is 0 Å². The Morgan fingerprint density at radius 1 is 1.40 bits per heavy atom. The van der Waals surface area contributed by atoms with Crippen molar-refractivity contribution < 1.29 is 14.0 Å². The number of carbonyl (C=O) groups is 1. The lowest BCUT2D eigenvalue weighted by molar-refractivity contribution is -0.142. The van der Waals surface area contributed by atoms with Crippen molar-refractivity contribution in [1.29, 1.82) is 0 Å². The second kappa shape index (κ2) is 6.55. The van der Waals surface area contributed by atoms with Gasteiger partial charge >= 0.3 is 0 Å². The first-order valence-corrected chi connectivity index (χ1v) is 8.86. The molecule has 25 heavy (non-hydrogen) atoms. The molecule has 7 heteroatoms. The zero-order valence-electron chi connectivity index (χ0n) is 14.6. The number of nitrogens with zero attached hydrogens (tertiary/aromatic N) is 2. The summed E-state index contributed by atoms with van der Waals surface area (Å²) in [6, 6.07) is 6.16. The molecule has 0 spiro atoms. The quantitative estimate of drug-likeness (QED) is 0.904. The van der Waals surface area contributed by atoms with E-state index in [1.165, 1.54) is 6.07 Å². The fourth-order valence-electron chi connectivity index (χ4n) is 2.86. The minimum absolute atomic E-state index is 0.184. The summed E-state index contributed by atoms with van der Waals surface area (Å²) >= 11 is 1.56. The van der Waals surface area contributed by atoms with E-state index in [2.05, 4.69) is 15.5 Å². The Morgan fingerprint density at radius 3 is 2.76 bits per heavy atom. The standard InChI is InChI=1S/C18H20FN3O2S/c1-10-16(25-12(3)20-10)11(2)21-17(23)18(4)9-15(22-24-18)13-7-5-6-8-14(13)19/h5-8,11H,9H2,1-4H3,(H,21,23). The van der Waals surface area contributed by atoms with Crippen LogP contribution in [0.15, 0.2) is 29.4 Å². The van der Waals surface area contributed by atoms with E-state index in [1.54, 1.807) is 36.5 Å². The van der Waals surface area contributed by atoms with Crippen LogP contribution in [0.4, 0.5) is 4.39 Å². The molecule has 0 radical (unpaired) electrons. The lowest BCUT2D eigenvalue weighted by atomic mass is 9.94. The third-order valence-corrected chi connectivity index (χ3v) is 5.46. The van der Waals surface area contributed by atoms with Crippen LogP contribution >= 0.6 is 11.3 Å². The zero-order chi connectivity index (χ0) is 18.2. The normalized spacial score (nSPS) is 20.8. The second-order valence-electron chi connectivity index (χ2n) is 6.39. The van der Waals surface area contributed by atoms with Crippen LogP contribution in [0.5, 0.6) is 0 Å². The first-order valence-electron chi connectivity index (χ1n) is 8.05. The number of aromatic nitrogens is 1. The van der Waals surface area contributed by atoms with Crippen LogP contribution in [0.2, 0.25) is 0 Å². The molecule has 2 atom stereocenters. The summed E-state index contributed by atoms with van der Waals surface area (Å²) < 4.78 is 13.9. The molecule has 2 unspecified atom stereocenters. The Bertz CT molecular complexity index is 849. The van der Waals surface area contributed by atoms with E-state index < -0.39 is 5.60 Å². The monoisotopic (exact) mass is 361 g/mol. The van der Waals surface area contributed by atoms with Crippen LogP contribution in [-0.2, 0) is 9.63 Å². The van der Waals surface area contributed by atoms with Crippen molar-refractivity contribution in [1.82, 2.24) is 10.3 Å². The number of nitrogens with one attached hydrogen (secondary N) is 1. The highest BCUT2D eigenvalue weighted by Crippen LogP contribution is 2.30. The van der Waals surface area contributed by atoms with Gasteiger partial charge in [0.1, 0.15) is 5.82 Å². The molecule has 2 heterocycles. The molecular weight excluding hydrogens is 341 g/mol. The Balaban J connectivity index is 1.71. The van der Waals surface area contributed by atoms with Gasteiger partial charge in [0.05, 0.1) is 22.5 Å². The van der Waals surface area contributed by atoms with Gasteiger partial charge in [-0.15, -0.1) is 11.3 Å². The summed E-state index contributed by atoms with van der Waals surface area (Å²) in [5, 5.41) is 7.87. The molecule has 1 aromatic heterocycles. The highest BCUT2D eigenvalue weighted by atomic mass is 32.1. The SMILES string of the molecule is Cc1nc(C)c(C(C)NC(=O)C2(C)CC(c3ccccc3F)=NO2)s1. The number of hydrogen-bond donors (Lipinski definition) is 1. The number of aryl methyl sites for hydroxylation is 2. The number of halogens is 1. The molecule has 1 aromatic carbocycles. The fraction of sp³-hybridized carbons (Fsp3) is 0.389. The highest BCUT2D eigenvalue weighted by molar-refractivity contribution is 7.11. The van der Waals surface area contributed by atoms with Crippen molar-refractivity contribution in [3.63, 3.8) is 0 Å². The Hall–Kier alpha value is -2.28. The maximum absolute atomic E-state index is 13.9. The van der Waals surface area contributed by atoms with E-state index in [-0.39, 0.29) is 24.2 Å². The fourth-order valence-corrected chi connectivity index (χ4v) is 3.79. The van der Waals surface area contributed by atoms with Gasteiger partial charge in [0, 0.05) is 16.9 Å². The third-order valence-electron chi connectivity index (χ3n) is 4.21. The molecule has 1 aliphatic rings. The van der Waals surface area contributed by atoms with Crippen LogP contribution < -0.4 is 5.32 Å². The topological polar surface area (TPSA) is 63.6 Å². The number of rotatable bonds is 4. The summed E-state index contributed by atoms with van der Waals surface area (Å²) in [6.45, 7) is 7.44. The minimum atomic E-state index is -1.15. The summed E-state index contributed by atoms with van der Waals surface area (Å²) in [5.41, 5.74) is 0.560. The molecule has 0 bridgehead atoms. The van der Waals surface area contributed by atoms with Gasteiger partial charge < -0.3 is 10.2 Å². The lowest BCUT2D eigenvalue weighted by Crippen LogP contribution is -2.45. The number of amides is 1. The first-order chi connectivity index (χ1) is 11.8. The highest BCUT2D eigenvalue weighted by Gasteiger charge is 2.43. The minimum Gasteiger partial charge on any atom is -0.379 e. The van der Waals surface area contributed by atoms with Crippen LogP contribution in [0.1, 0.15) is 47.5 Å². The number of carbonyl (C=O) groups excluding carboxylic acids is 1. The number of oxime groups is 1. The van der Waals surface area contributed by atoms with E-state index in [9.17, 15) is 9.18 Å². The predicted molar refractivity (Wildman–Crippen MR) is 95.2 cm³/mol. The second-order valence-corrected chi connectivity index (χ2v) is 7.63. The maximum Gasteiger partial charge on any atom is 0.267 e. The molecule has 0 saturated heterocycles. The summed E-state index contributed by atoms with van der Waals surface area (Å²) in [4.78, 5) is 23.5. The molecular formula is C18H20FN3O2S. The average molecular weight is 361 g/mol. The van der Waals surface area contributed by atoms with Gasteiger partial charge in [-0.3, -0.25) is 4.79 Å². The smallest absolute Gasteiger partial charge is 0.267 e. The molecule has 1 amide bonds. The van der Waals surface area contributed by atoms with Crippen molar-refractivity contribution in [2.75, 3.05) is 0 Å². The van der Waals surface area contributed by atoms with E-state index in [0.717, 1.165) is 15.6 Å². The van der Waals surface area contributed by atoms with Crippen molar-refractivity contribution in [2.45, 2.75) is 45.8 Å². The van der Waals surface area contributed by atoms with Crippen molar-refractivity contribution in [2.24, 2.45) is 5.16 Å². The van der Waals surface area contributed by atoms with E-state index in [0.29, 0.717) is 11.3 Å². The van der Waals surface area contributed by atoms with E-state index in [1.807, 2.05) is 20.8 Å². The van der Waals surface area contributed by atoms with Gasteiger partial charge in [0.25, 0.3) is 5.91 Å². The summed E-state index contributed by atoms with van der Waals surface area (Å²) in [5.74, 6) is -0.654. The van der Waals surface area contributed by atoms with Gasteiger partial charge in [-0.1, -0.05) is 23.4 Å². The molecule has 3 rings (SSSR count). The van der Waals surface area contributed by atoms with Gasteiger partial charge in [0.15, 0.2) is 0 Å². The maximum atomic E-state index is 13.9. The Labute approximate surface area is 149 Å². The third kappa shape index (κ3) is 3.42. The summed E-state index contributed by atoms with van der Waals surface area (Å²) in [7, 11) is 0. The Morgan fingerprint density at radius 2 is 2.12 bits per heavy atom. The van der Waals surface area contributed by atoms with Crippen molar-refractivity contribution in [3.8, 4) is 0 Å². The largest absolute Gasteiger partial charge is 0.379 e. The van der Waals surface area contributed by atoms with Crippen LogP contribution in [0, 0.1) is 19.7 Å². The van der Waals surface area contributed by atoms with Gasteiger partial charge in [-0.25, -0.2) is 9.37 Å². The van der Waals surface area contributed by atoms with Crippen molar-refractivity contribution in [3.05, 3.63) is 51.2 Å². The summed E-state index contributed by atoms with van der Waals surface area (Å²) in [6.07, 6.45) is 0.215. The predicted octanol–water partition coefficient (Wildman–Crippen LogP) is 3.66. The molecule has 0 fully saturated rings. The molecule has 132 valence electrons. The average Bonchev–Trinajstić information content (AvgIpc) is 3.11. The number of hydrogen-bond acceptors (Lipinski definition) is 5.